The van der Waals surface area contributed by atoms with Gasteiger partial charge in [0.1, 0.15) is 11.6 Å². The van der Waals surface area contributed by atoms with Crippen LogP contribution in [-0.4, -0.2) is 71.3 Å². The average Bonchev–Trinajstić information content (AvgIpc) is 3.66. The summed E-state index contributed by atoms with van der Waals surface area (Å²) in [5, 5.41) is 11.0. The Morgan fingerprint density at radius 3 is 2.58 bits per heavy atom. The molecule has 3 fully saturated rings. The average molecular weight is 607 g/mol. The molecule has 228 valence electrons. The number of unbranched alkanes of at least 4 members (excludes halogenated alkanes) is 2. The lowest BCUT2D eigenvalue weighted by Gasteiger charge is -2.39. The van der Waals surface area contributed by atoms with Gasteiger partial charge in [-0.15, -0.1) is 13.2 Å². The molecule has 6 atom stereocenters. The van der Waals surface area contributed by atoms with Gasteiger partial charge in [0.15, 0.2) is 0 Å². The Labute approximate surface area is 257 Å². The van der Waals surface area contributed by atoms with Gasteiger partial charge in [0, 0.05) is 6.54 Å². The molecule has 3 heterocycles. The molecule has 0 aromatic heterocycles. The van der Waals surface area contributed by atoms with E-state index in [0.29, 0.717) is 36.4 Å². The summed E-state index contributed by atoms with van der Waals surface area (Å²) in [6, 6.07) is 14.7. The summed E-state index contributed by atoms with van der Waals surface area (Å²) in [6.45, 7) is 7.58. The molecule has 0 radical (unpaired) electrons. The summed E-state index contributed by atoms with van der Waals surface area (Å²) >= 11 is 6.55. The second-order valence-corrected chi connectivity index (χ2v) is 11.9. The lowest BCUT2D eigenvalue weighted by atomic mass is 9.70. The second-order valence-electron chi connectivity index (χ2n) is 11.5. The highest BCUT2D eigenvalue weighted by Gasteiger charge is 2.75. The molecule has 5 rings (SSSR count). The minimum Gasteiger partial charge on any atom is -0.465 e. The quantitative estimate of drug-likeness (QED) is 0.190. The fourth-order valence-corrected chi connectivity index (χ4v) is 7.32. The number of amides is 2. The largest absolute Gasteiger partial charge is 0.465 e. The first-order chi connectivity index (χ1) is 20.9. The van der Waals surface area contributed by atoms with Crippen LogP contribution in [0, 0.1) is 11.8 Å². The summed E-state index contributed by atoms with van der Waals surface area (Å²) in [5.41, 5.74) is 0.147. The number of nitrogens with zero attached hydrogens (tertiary/aromatic N) is 2. The maximum absolute atomic E-state index is 14.7. The molecule has 2 unspecified atom stereocenters. The van der Waals surface area contributed by atoms with Crippen LogP contribution in [0.2, 0.25) is 5.02 Å². The smallest absolute Gasteiger partial charge is 0.312 e. The summed E-state index contributed by atoms with van der Waals surface area (Å²) < 4.78 is 12.2. The highest BCUT2D eigenvalue weighted by atomic mass is 35.5. The van der Waals surface area contributed by atoms with Gasteiger partial charge >= 0.3 is 5.97 Å². The molecule has 1 spiro atoms. The number of ether oxygens (including phenoxy) is 2. The van der Waals surface area contributed by atoms with E-state index in [-0.39, 0.29) is 25.7 Å². The Morgan fingerprint density at radius 2 is 1.88 bits per heavy atom. The van der Waals surface area contributed by atoms with Gasteiger partial charge in [-0.1, -0.05) is 66.2 Å². The molecule has 3 aliphatic rings. The number of aliphatic hydroxyl groups excluding tert-OH is 1. The molecule has 3 saturated heterocycles. The number of allylic oxidation sites excluding steroid dienone is 1. The summed E-state index contributed by atoms with van der Waals surface area (Å²) in [6.07, 6.45) is 6.53. The molecule has 3 aliphatic heterocycles. The lowest BCUT2D eigenvalue weighted by molar-refractivity contribution is -0.156. The van der Waals surface area contributed by atoms with E-state index in [1.807, 2.05) is 36.4 Å². The van der Waals surface area contributed by atoms with Gasteiger partial charge in [0.2, 0.25) is 5.91 Å². The van der Waals surface area contributed by atoms with Gasteiger partial charge in [-0.25, -0.2) is 0 Å². The first kappa shape index (κ1) is 31.0. The van der Waals surface area contributed by atoms with E-state index in [9.17, 15) is 19.5 Å². The summed E-state index contributed by atoms with van der Waals surface area (Å²) in [7, 11) is 0. The number of anilines is 1. The number of esters is 1. The van der Waals surface area contributed by atoms with E-state index < -0.39 is 47.5 Å². The van der Waals surface area contributed by atoms with Crippen LogP contribution in [0.15, 0.2) is 79.9 Å². The number of halogens is 1. The minimum atomic E-state index is -1.24. The zero-order chi connectivity index (χ0) is 30.6. The third kappa shape index (κ3) is 5.76. The fourth-order valence-electron chi connectivity index (χ4n) is 7.08. The zero-order valence-electron chi connectivity index (χ0n) is 24.3. The van der Waals surface area contributed by atoms with Crippen molar-refractivity contribution in [3.63, 3.8) is 0 Å². The predicted octanol–water partition coefficient (Wildman–Crippen LogP) is 4.74. The third-order valence-corrected chi connectivity index (χ3v) is 9.25. The van der Waals surface area contributed by atoms with Crippen molar-refractivity contribution in [1.82, 2.24) is 4.90 Å². The maximum Gasteiger partial charge on any atom is 0.312 e. The van der Waals surface area contributed by atoms with Crippen molar-refractivity contribution in [1.29, 1.82) is 0 Å². The van der Waals surface area contributed by atoms with Gasteiger partial charge in [-0.05, 0) is 56.2 Å². The number of hydrogen-bond donors (Lipinski definition) is 1. The molecule has 2 aromatic carbocycles. The van der Waals surface area contributed by atoms with Crippen LogP contribution in [-0.2, 0) is 30.3 Å². The normalized spacial score (nSPS) is 26.2. The predicted molar refractivity (Wildman–Crippen MR) is 164 cm³/mol. The summed E-state index contributed by atoms with van der Waals surface area (Å²) in [4.78, 5) is 45.7. The minimum absolute atomic E-state index is 0.143. The first-order valence-corrected chi connectivity index (χ1v) is 15.3. The number of rotatable bonds is 14. The molecule has 9 heteroatoms. The van der Waals surface area contributed by atoms with Crippen LogP contribution in [0.1, 0.15) is 37.7 Å². The Balaban J connectivity index is 1.53. The van der Waals surface area contributed by atoms with Crippen molar-refractivity contribution in [2.45, 2.75) is 62.3 Å². The monoisotopic (exact) mass is 606 g/mol. The van der Waals surface area contributed by atoms with Crippen LogP contribution in [0.5, 0.6) is 0 Å². The first-order valence-electron chi connectivity index (χ1n) is 15.0. The van der Waals surface area contributed by atoms with Gasteiger partial charge in [0.25, 0.3) is 5.91 Å². The van der Waals surface area contributed by atoms with Gasteiger partial charge in [-0.3, -0.25) is 14.4 Å². The van der Waals surface area contributed by atoms with Crippen LogP contribution in [0.3, 0.4) is 0 Å². The molecule has 1 N–H and O–H groups in total. The topological polar surface area (TPSA) is 96.4 Å². The van der Waals surface area contributed by atoms with Gasteiger partial charge < -0.3 is 24.4 Å². The van der Waals surface area contributed by atoms with Crippen LogP contribution in [0.4, 0.5) is 5.69 Å². The van der Waals surface area contributed by atoms with E-state index in [1.165, 1.54) is 9.80 Å². The van der Waals surface area contributed by atoms with Crippen molar-refractivity contribution in [2.75, 3.05) is 24.7 Å². The molecule has 8 nitrogen and oxygen atoms in total. The number of carbonyl (C=O) groups excluding carboxylic acids is 3. The number of likely N-dealkylation sites (tertiary alicyclic amines) is 1. The maximum atomic E-state index is 14.7. The number of hydrogen-bond acceptors (Lipinski definition) is 6. The van der Waals surface area contributed by atoms with Crippen molar-refractivity contribution in [3.05, 3.63) is 90.5 Å². The third-order valence-electron chi connectivity index (χ3n) is 8.93. The van der Waals surface area contributed by atoms with Crippen molar-refractivity contribution < 1.29 is 29.0 Å². The standard InChI is InChI=1S/C34H39ClN2O6/c1-3-5-6-12-20-42-33(41)28-27-17-18-34(43-27)29(28)31(39)37(24(22-38)21-23-13-8-7-9-14-23)30(34)32(40)36(19-4-2)26-16-11-10-15-25(26)35/h3-4,7-11,13-16,24,27-30,38H,1-2,5-6,12,17-22H2/t24-,27-,28+,29+,30?,34?/m1/s1. The van der Waals surface area contributed by atoms with E-state index in [0.717, 1.165) is 18.4 Å². The number of aliphatic hydroxyl groups is 1. The fraction of sp³-hybridized carbons (Fsp3) is 0.441. The van der Waals surface area contributed by atoms with Crippen molar-refractivity contribution >= 4 is 35.1 Å². The van der Waals surface area contributed by atoms with Gasteiger partial charge in [0.05, 0.1) is 47.9 Å². The number of fused-ring (bicyclic) bond motifs is 1. The van der Waals surface area contributed by atoms with Crippen LogP contribution < -0.4 is 4.90 Å². The molecule has 2 amide bonds. The Bertz CT molecular complexity index is 1350. The number of carbonyl (C=O) groups is 3. The van der Waals surface area contributed by atoms with Gasteiger partial charge in [-0.2, -0.15) is 0 Å². The number of para-hydroxylation sites is 1. The van der Waals surface area contributed by atoms with E-state index in [4.69, 9.17) is 21.1 Å². The second kappa shape index (κ2) is 13.5. The van der Waals surface area contributed by atoms with Crippen LogP contribution >= 0.6 is 11.6 Å². The molecular formula is C34H39ClN2O6. The SMILES string of the molecule is C=CCCCCOC(=O)[C@@H]1[C@H]2C(=O)N([C@@H](CO)Cc3ccccc3)C(C(=O)N(CC=C)c3ccccc3Cl)C23CC[C@H]1O3. The van der Waals surface area contributed by atoms with E-state index in [2.05, 4.69) is 13.2 Å². The Morgan fingerprint density at radius 1 is 1.14 bits per heavy atom. The van der Waals surface area contributed by atoms with E-state index >= 15 is 0 Å². The Hall–Kier alpha value is -3.46. The molecule has 2 bridgehead atoms. The molecule has 0 aliphatic carbocycles. The van der Waals surface area contributed by atoms with Crippen molar-refractivity contribution in [2.24, 2.45) is 11.8 Å². The lowest BCUT2D eigenvalue weighted by Crippen LogP contribution is -2.59. The number of benzene rings is 2. The van der Waals surface area contributed by atoms with E-state index in [1.54, 1.807) is 30.3 Å². The van der Waals surface area contributed by atoms with Crippen molar-refractivity contribution in [3.8, 4) is 0 Å². The Kier molecular flexibility index (Phi) is 9.69. The molecule has 2 aromatic rings. The van der Waals surface area contributed by atoms with Crippen LogP contribution in [0.25, 0.3) is 0 Å². The zero-order valence-corrected chi connectivity index (χ0v) is 25.0. The summed E-state index contributed by atoms with van der Waals surface area (Å²) in [5.74, 6) is -2.97. The molecule has 43 heavy (non-hydrogen) atoms. The molecule has 0 saturated carbocycles. The highest BCUT2D eigenvalue weighted by molar-refractivity contribution is 6.34. The molecular weight excluding hydrogens is 568 g/mol. The highest BCUT2D eigenvalue weighted by Crippen LogP contribution is 2.59.